The zero-order valence-corrected chi connectivity index (χ0v) is 14.9. The maximum Gasteiger partial charge on any atom is 0.272 e. The minimum atomic E-state index is -0.186. The molecule has 2 aromatic rings. The number of amides is 2. The van der Waals surface area contributed by atoms with Crippen molar-refractivity contribution in [1.29, 1.82) is 0 Å². The number of carbonyl (C=O) groups excluding carboxylic acids is 2. The van der Waals surface area contributed by atoms with Crippen LogP contribution >= 0.6 is 11.6 Å². The average molecular weight is 376 g/mol. The standard InChI is InChI=1S/C17H18ClN5O3/c1-26-15-3-2-12(8-13(15)18)21-16-9-14(19-10-20-16)17(25)23-6-4-22(11-24)5-7-23/h2-3,8-11H,4-7H2,1H3,(H,19,20,21). The monoisotopic (exact) mass is 375 g/mol. The highest BCUT2D eigenvalue weighted by molar-refractivity contribution is 6.32. The fourth-order valence-corrected chi connectivity index (χ4v) is 2.88. The Morgan fingerprint density at radius 3 is 2.65 bits per heavy atom. The minimum absolute atomic E-state index is 0.186. The average Bonchev–Trinajstić information content (AvgIpc) is 2.68. The molecule has 9 heteroatoms. The summed E-state index contributed by atoms with van der Waals surface area (Å²) in [5, 5.41) is 3.56. The van der Waals surface area contributed by atoms with Crippen molar-refractivity contribution in [3.63, 3.8) is 0 Å². The van der Waals surface area contributed by atoms with Crippen LogP contribution in [0, 0.1) is 0 Å². The molecule has 1 saturated heterocycles. The van der Waals surface area contributed by atoms with Gasteiger partial charge in [-0.25, -0.2) is 9.97 Å². The molecule has 1 aromatic carbocycles. The van der Waals surface area contributed by atoms with Crippen molar-refractivity contribution in [3.05, 3.63) is 41.3 Å². The van der Waals surface area contributed by atoms with Gasteiger partial charge in [0, 0.05) is 37.9 Å². The molecule has 0 atom stereocenters. The molecule has 1 fully saturated rings. The normalized spacial score (nSPS) is 14.1. The molecule has 8 nitrogen and oxygen atoms in total. The number of halogens is 1. The molecule has 1 aliphatic rings. The van der Waals surface area contributed by atoms with Crippen LogP contribution < -0.4 is 10.1 Å². The lowest BCUT2D eigenvalue weighted by Gasteiger charge is -2.32. The second-order valence-electron chi connectivity index (χ2n) is 5.70. The fourth-order valence-electron chi connectivity index (χ4n) is 2.63. The summed E-state index contributed by atoms with van der Waals surface area (Å²) in [4.78, 5) is 34.9. The molecule has 26 heavy (non-hydrogen) atoms. The van der Waals surface area contributed by atoms with Crippen LogP contribution in [-0.4, -0.2) is 65.4 Å². The van der Waals surface area contributed by atoms with Gasteiger partial charge < -0.3 is 19.9 Å². The first-order chi connectivity index (χ1) is 12.6. The number of hydrogen-bond donors (Lipinski definition) is 1. The molecule has 1 N–H and O–H groups in total. The van der Waals surface area contributed by atoms with E-state index < -0.39 is 0 Å². The largest absolute Gasteiger partial charge is 0.495 e. The van der Waals surface area contributed by atoms with Gasteiger partial charge in [-0.3, -0.25) is 9.59 Å². The number of anilines is 2. The van der Waals surface area contributed by atoms with Crippen LogP contribution in [0.2, 0.25) is 5.02 Å². The maximum atomic E-state index is 12.6. The lowest BCUT2D eigenvalue weighted by atomic mass is 10.2. The first-order valence-corrected chi connectivity index (χ1v) is 8.39. The van der Waals surface area contributed by atoms with E-state index >= 15 is 0 Å². The molecule has 0 aliphatic carbocycles. The molecule has 0 bridgehead atoms. The van der Waals surface area contributed by atoms with Gasteiger partial charge >= 0.3 is 0 Å². The summed E-state index contributed by atoms with van der Waals surface area (Å²) in [6.07, 6.45) is 2.14. The number of rotatable bonds is 5. The highest BCUT2D eigenvalue weighted by Gasteiger charge is 2.22. The van der Waals surface area contributed by atoms with Crippen LogP contribution in [-0.2, 0) is 4.79 Å². The molecule has 2 heterocycles. The zero-order valence-electron chi connectivity index (χ0n) is 14.2. The number of benzene rings is 1. The van der Waals surface area contributed by atoms with Crippen molar-refractivity contribution in [1.82, 2.24) is 19.8 Å². The summed E-state index contributed by atoms with van der Waals surface area (Å²) < 4.78 is 5.12. The summed E-state index contributed by atoms with van der Waals surface area (Å²) in [6, 6.07) is 6.84. The predicted octanol–water partition coefficient (Wildman–Crippen LogP) is 1.80. The van der Waals surface area contributed by atoms with Gasteiger partial charge in [-0.1, -0.05) is 11.6 Å². The molecule has 1 aromatic heterocycles. The Kier molecular flexibility index (Phi) is 5.52. The van der Waals surface area contributed by atoms with E-state index in [1.165, 1.54) is 6.33 Å². The predicted molar refractivity (Wildman–Crippen MR) is 96.9 cm³/mol. The van der Waals surface area contributed by atoms with Gasteiger partial charge in [-0.05, 0) is 18.2 Å². The lowest BCUT2D eigenvalue weighted by molar-refractivity contribution is -0.119. The number of nitrogens with zero attached hydrogens (tertiary/aromatic N) is 4. The van der Waals surface area contributed by atoms with Crippen molar-refractivity contribution in [3.8, 4) is 5.75 Å². The summed E-state index contributed by atoms with van der Waals surface area (Å²) in [5.41, 5.74) is 1.01. The van der Waals surface area contributed by atoms with E-state index in [0.29, 0.717) is 54.2 Å². The van der Waals surface area contributed by atoms with Gasteiger partial charge in [0.05, 0.1) is 12.1 Å². The van der Waals surface area contributed by atoms with Gasteiger partial charge in [0.2, 0.25) is 6.41 Å². The molecule has 0 spiro atoms. The Balaban J connectivity index is 1.71. The maximum absolute atomic E-state index is 12.6. The molecule has 136 valence electrons. The highest BCUT2D eigenvalue weighted by atomic mass is 35.5. The van der Waals surface area contributed by atoms with Gasteiger partial charge in [0.1, 0.15) is 23.6 Å². The van der Waals surface area contributed by atoms with Crippen molar-refractivity contribution >= 4 is 35.4 Å². The molecular weight excluding hydrogens is 358 g/mol. The van der Waals surface area contributed by atoms with Crippen molar-refractivity contribution in [2.45, 2.75) is 0 Å². The Labute approximate surface area is 155 Å². The number of methoxy groups -OCH3 is 1. The number of ether oxygens (including phenoxy) is 1. The molecule has 2 amide bonds. The molecule has 0 saturated carbocycles. The van der Waals surface area contributed by atoms with Crippen LogP contribution in [0.25, 0.3) is 0 Å². The first-order valence-electron chi connectivity index (χ1n) is 8.02. The number of hydrogen-bond acceptors (Lipinski definition) is 6. The van der Waals surface area contributed by atoms with Gasteiger partial charge in [0.15, 0.2) is 0 Å². The third kappa shape index (κ3) is 4.02. The van der Waals surface area contributed by atoms with Gasteiger partial charge in [-0.15, -0.1) is 0 Å². The smallest absolute Gasteiger partial charge is 0.272 e. The molecule has 3 rings (SSSR count). The molecule has 1 aliphatic heterocycles. The summed E-state index contributed by atoms with van der Waals surface area (Å²) in [7, 11) is 1.55. The van der Waals surface area contributed by atoms with E-state index in [2.05, 4.69) is 15.3 Å². The van der Waals surface area contributed by atoms with Crippen LogP contribution in [0.5, 0.6) is 5.75 Å². The van der Waals surface area contributed by atoms with Gasteiger partial charge in [0.25, 0.3) is 5.91 Å². The Hall–Kier alpha value is -2.87. The number of piperazine rings is 1. The van der Waals surface area contributed by atoms with Crippen molar-refractivity contribution in [2.24, 2.45) is 0 Å². The first kappa shape index (κ1) is 17.9. The third-order valence-corrected chi connectivity index (χ3v) is 4.36. The molecule has 0 radical (unpaired) electrons. The number of nitrogens with one attached hydrogen (secondary N) is 1. The van der Waals surface area contributed by atoms with Crippen LogP contribution in [0.15, 0.2) is 30.6 Å². The van der Waals surface area contributed by atoms with Crippen LogP contribution in [0.4, 0.5) is 11.5 Å². The third-order valence-electron chi connectivity index (χ3n) is 4.06. The molecular formula is C17H18ClN5O3. The fraction of sp³-hybridized carbons (Fsp3) is 0.294. The second kappa shape index (κ2) is 8.01. The Bertz CT molecular complexity index is 809. The minimum Gasteiger partial charge on any atom is -0.495 e. The van der Waals surface area contributed by atoms with E-state index in [-0.39, 0.29) is 5.91 Å². The van der Waals surface area contributed by atoms with Crippen molar-refractivity contribution < 1.29 is 14.3 Å². The number of carbonyl (C=O) groups is 2. The SMILES string of the molecule is COc1ccc(Nc2cc(C(=O)N3CCN(C=O)CC3)ncn2)cc1Cl. The summed E-state index contributed by atoms with van der Waals surface area (Å²) >= 11 is 6.12. The van der Waals surface area contributed by atoms with E-state index in [9.17, 15) is 9.59 Å². The Morgan fingerprint density at radius 1 is 1.23 bits per heavy atom. The summed E-state index contributed by atoms with van der Waals surface area (Å²) in [6.45, 7) is 2.02. The quantitative estimate of drug-likeness (QED) is 0.802. The molecule has 0 unspecified atom stereocenters. The van der Waals surface area contributed by atoms with E-state index in [1.54, 1.807) is 41.2 Å². The zero-order chi connectivity index (χ0) is 18.5. The summed E-state index contributed by atoms with van der Waals surface area (Å²) in [5.74, 6) is 0.870. The van der Waals surface area contributed by atoms with Crippen LogP contribution in [0.1, 0.15) is 10.5 Å². The van der Waals surface area contributed by atoms with E-state index in [4.69, 9.17) is 16.3 Å². The van der Waals surface area contributed by atoms with Crippen LogP contribution in [0.3, 0.4) is 0 Å². The Morgan fingerprint density at radius 2 is 2.00 bits per heavy atom. The lowest BCUT2D eigenvalue weighted by Crippen LogP contribution is -2.48. The van der Waals surface area contributed by atoms with Gasteiger partial charge in [-0.2, -0.15) is 0 Å². The topological polar surface area (TPSA) is 87.7 Å². The van der Waals surface area contributed by atoms with E-state index in [1.807, 2.05) is 0 Å². The van der Waals surface area contributed by atoms with E-state index in [0.717, 1.165) is 6.41 Å². The highest BCUT2D eigenvalue weighted by Crippen LogP contribution is 2.28. The second-order valence-corrected chi connectivity index (χ2v) is 6.10. The van der Waals surface area contributed by atoms with Crippen molar-refractivity contribution in [2.75, 3.05) is 38.6 Å². The number of aromatic nitrogens is 2.